The molecule has 2 bridgehead atoms. The Morgan fingerprint density at radius 1 is 1.06 bits per heavy atom. The fraction of sp³-hybridized carbons (Fsp3) is 0.586. The van der Waals surface area contributed by atoms with Gasteiger partial charge in [-0.1, -0.05) is 36.4 Å². The standard InChI is InChI=1S/C29H35NO3/c31-23-13-12-22-18-24-29(32-17-5-8-20-6-2-1-3-7-20)14-4-9-25-28(29,26(22)27(23)33-25)15-16-30(24)19-21-10-11-21/h1-3,6-7,12-13,21,24-25,31H,4-5,8-11,14-19H2/t24?,25-,28?,29+/m0/s1. The van der Waals surface area contributed by atoms with Gasteiger partial charge in [-0.3, -0.25) is 4.90 Å². The van der Waals surface area contributed by atoms with Gasteiger partial charge in [0.15, 0.2) is 11.5 Å². The largest absolute Gasteiger partial charge is 0.504 e. The number of benzene rings is 2. The van der Waals surface area contributed by atoms with E-state index < -0.39 is 0 Å². The normalized spacial score (nSPS) is 34.1. The molecule has 1 N–H and O–H groups in total. The van der Waals surface area contributed by atoms with E-state index in [9.17, 15) is 5.11 Å². The van der Waals surface area contributed by atoms with Crippen LogP contribution < -0.4 is 4.74 Å². The van der Waals surface area contributed by atoms with Gasteiger partial charge < -0.3 is 14.6 Å². The van der Waals surface area contributed by atoms with Crippen LogP contribution in [-0.2, 0) is 23.0 Å². The van der Waals surface area contributed by atoms with Crippen LogP contribution >= 0.6 is 0 Å². The Bertz CT molecular complexity index is 1050. The van der Waals surface area contributed by atoms with E-state index in [1.54, 1.807) is 0 Å². The summed E-state index contributed by atoms with van der Waals surface area (Å²) < 4.78 is 13.8. The summed E-state index contributed by atoms with van der Waals surface area (Å²) >= 11 is 0. The Kier molecular flexibility index (Phi) is 4.61. The highest BCUT2D eigenvalue weighted by molar-refractivity contribution is 5.62. The van der Waals surface area contributed by atoms with Crippen LogP contribution in [0.1, 0.15) is 61.6 Å². The number of phenolic OH excluding ortho intramolecular Hbond substituents is 1. The minimum Gasteiger partial charge on any atom is -0.504 e. The molecule has 4 heteroatoms. The predicted octanol–water partition coefficient (Wildman–Crippen LogP) is 5.00. The van der Waals surface area contributed by atoms with Gasteiger partial charge in [-0.15, -0.1) is 0 Å². The summed E-state index contributed by atoms with van der Waals surface area (Å²) in [5.41, 5.74) is 3.77. The number of hydrogen-bond acceptors (Lipinski definition) is 4. The van der Waals surface area contributed by atoms with Gasteiger partial charge in [0.1, 0.15) is 6.10 Å². The summed E-state index contributed by atoms with van der Waals surface area (Å²) in [6.45, 7) is 3.15. The summed E-state index contributed by atoms with van der Waals surface area (Å²) in [4.78, 5) is 2.79. The molecule has 3 fully saturated rings. The zero-order chi connectivity index (χ0) is 22.0. The molecule has 0 radical (unpaired) electrons. The van der Waals surface area contributed by atoms with Crippen LogP contribution in [0.25, 0.3) is 0 Å². The fourth-order valence-electron chi connectivity index (χ4n) is 7.91. The number of likely N-dealkylation sites (tertiary alicyclic amines) is 1. The highest BCUT2D eigenvalue weighted by atomic mass is 16.5. The van der Waals surface area contributed by atoms with Gasteiger partial charge in [0.05, 0.1) is 11.0 Å². The van der Waals surface area contributed by atoms with E-state index in [1.807, 2.05) is 6.07 Å². The van der Waals surface area contributed by atoms with Crippen molar-refractivity contribution in [3.05, 3.63) is 59.2 Å². The number of rotatable bonds is 7. The maximum atomic E-state index is 10.7. The molecule has 1 spiro atoms. The zero-order valence-electron chi connectivity index (χ0n) is 19.5. The van der Waals surface area contributed by atoms with Crippen molar-refractivity contribution in [2.75, 3.05) is 19.7 Å². The molecule has 2 saturated carbocycles. The van der Waals surface area contributed by atoms with Gasteiger partial charge in [0.2, 0.25) is 0 Å². The van der Waals surface area contributed by atoms with E-state index >= 15 is 0 Å². The molecule has 0 aromatic heterocycles. The number of aromatic hydroxyl groups is 1. The van der Waals surface area contributed by atoms with Gasteiger partial charge in [0, 0.05) is 24.8 Å². The van der Waals surface area contributed by atoms with Crippen molar-refractivity contribution in [2.45, 2.75) is 80.9 Å². The Labute approximate surface area is 196 Å². The maximum absolute atomic E-state index is 10.7. The molecule has 2 aromatic rings. The Balaban J connectivity index is 1.26. The molecule has 7 rings (SSSR count). The van der Waals surface area contributed by atoms with E-state index in [-0.39, 0.29) is 17.1 Å². The average Bonchev–Trinajstić information content (AvgIpc) is 3.58. The lowest BCUT2D eigenvalue weighted by atomic mass is 9.49. The van der Waals surface area contributed by atoms with Crippen molar-refractivity contribution in [2.24, 2.45) is 5.92 Å². The second kappa shape index (κ2) is 7.48. The van der Waals surface area contributed by atoms with Crippen molar-refractivity contribution in [3.8, 4) is 11.5 Å². The molecule has 2 unspecified atom stereocenters. The van der Waals surface area contributed by atoms with E-state index in [1.165, 1.54) is 36.1 Å². The molecule has 5 aliphatic rings. The zero-order valence-corrected chi connectivity index (χ0v) is 19.5. The summed E-state index contributed by atoms with van der Waals surface area (Å²) in [5, 5.41) is 10.7. The van der Waals surface area contributed by atoms with Crippen molar-refractivity contribution < 1.29 is 14.6 Å². The fourth-order valence-corrected chi connectivity index (χ4v) is 7.91. The van der Waals surface area contributed by atoms with Gasteiger partial charge in [-0.25, -0.2) is 0 Å². The van der Waals surface area contributed by atoms with E-state index in [2.05, 4.69) is 41.3 Å². The number of piperidine rings is 1. The Morgan fingerprint density at radius 2 is 1.94 bits per heavy atom. The molecule has 2 aliphatic heterocycles. The highest BCUT2D eigenvalue weighted by Crippen LogP contribution is 2.66. The van der Waals surface area contributed by atoms with Gasteiger partial charge >= 0.3 is 0 Å². The van der Waals surface area contributed by atoms with Crippen molar-refractivity contribution in [1.82, 2.24) is 4.90 Å². The van der Waals surface area contributed by atoms with Crippen LogP contribution in [0.5, 0.6) is 11.5 Å². The number of nitrogens with zero attached hydrogens (tertiary/aromatic N) is 1. The summed E-state index contributed by atoms with van der Waals surface area (Å²) in [6, 6.07) is 15.2. The molecule has 0 amide bonds. The monoisotopic (exact) mass is 445 g/mol. The molecule has 4 nitrogen and oxygen atoms in total. The first-order valence-corrected chi connectivity index (χ1v) is 13.2. The minimum absolute atomic E-state index is 0.107. The third kappa shape index (κ3) is 2.89. The molecular formula is C29H35NO3. The van der Waals surface area contributed by atoms with E-state index in [0.29, 0.717) is 11.8 Å². The molecule has 33 heavy (non-hydrogen) atoms. The maximum Gasteiger partial charge on any atom is 0.165 e. The van der Waals surface area contributed by atoms with Crippen molar-refractivity contribution in [3.63, 3.8) is 0 Å². The van der Waals surface area contributed by atoms with E-state index in [4.69, 9.17) is 9.47 Å². The molecule has 2 aromatic carbocycles. The lowest BCUT2D eigenvalue weighted by Crippen LogP contribution is -2.76. The van der Waals surface area contributed by atoms with Gasteiger partial charge in [-0.2, -0.15) is 0 Å². The average molecular weight is 446 g/mol. The molecule has 1 saturated heterocycles. The van der Waals surface area contributed by atoms with Crippen molar-refractivity contribution in [1.29, 1.82) is 0 Å². The van der Waals surface area contributed by atoms with Crippen LogP contribution in [0.3, 0.4) is 0 Å². The predicted molar refractivity (Wildman–Crippen MR) is 128 cm³/mol. The van der Waals surface area contributed by atoms with E-state index in [0.717, 1.165) is 69.8 Å². The van der Waals surface area contributed by atoms with Crippen molar-refractivity contribution >= 4 is 0 Å². The minimum atomic E-state index is -0.203. The lowest BCUT2D eigenvalue weighted by molar-refractivity contribution is -0.216. The van der Waals surface area contributed by atoms with Crippen LogP contribution in [0.15, 0.2) is 42.5 Å². The molecule has 2 heterocycles. The topological polar surface area (TPSA) is 41.9 Å². The first-order chi connectivity index (χ1) is 16.2. The lowest BCUT2D eigenvalue weighted by Gasteiger charge is -2.65. The highest BCUT2D eigenvalue weighted by Gasteiger charge is 2.72. The summed E-state index contributed by atoms with van der Waals surface area (Å²) in [6.07, 6.45) is 10.4. The number of aryl methyl sites for hydroxylation is 1. The number of ether oxygens (including phenoxy) is 2. The summed E-state index contributed by atoms with van der Waals surface area (Å²) in [7, 11) is 0. The third-order valence-electron chi connectivity index (χ3n) is 9.44. The first kappa shape index (κ1) is 20.3. The van der Waals surface area contributed by atoms with Crippen LogP contribution in [0.4, 0.5) is 0 Å². The Morgan fingerprint density at radius 3 is 2.79 bits per heavy atom. The van der Waals surface area contributed by atoms with Crippen LogP contribution in [-0.4, -0.2) is 47.4 Å². The summed E-state index contributed by atoms with van der Waals surface area (Å²) in [5.74, 6) is 1.96. The molecule has 3 aliphatic carbocycles. The Hall–Kier alpha value is -2.04. The number of hydrogen-bond donors (Lipinski definition) is 1. The second-order valence-electron chi connectivity index (χ2n) is 11.2. The van der Waals surface area contributed by atoms with Gasteiger partial charge in [0.25, 0.3) is 0 Å². The first-order valence-electron chi connectivity index (χ1n) is 13.2. The van der Waals surface area contributed by atoms with Gasteiger partial charge in [-0.05, 0) is 87.4 Å². The quantitative estimate of drug-likeness (QED) is 0.609. The second-order valence-corrected chi connectivity index (χ2v) is 11.2. The SMILES string of the molecule is Oc1ccc2c3c1O[C@H]1CCC[C@@]4(OCCCc5ccccc5)C(C2)N(CC2CC2)CCC314. The van der Waals surface area contributed by atoms with Crippen LogP contribution in [0.2, 0.25) is 0 Å². The molecular weight excluding hydrogens is 410 g/mol. The molecule has 4 atom stereocenters. The smallest absolute Gasteiger partial charge is 0.165 e. The third-order valence-corrected chi connectivity index (χ3v) is 9.44. The number of phenols is 1. The van der Waals surface area contributed by atoms with Crippen LogP contribution in [0, 0.1) is 5.92 Å². The molecule has 174 valence electrons.